The van der Waals surface area contributed by atoms with E-state index in [0.717, 1.165) is 45.4 Å². The topological polar surface area (TPSA) is 95.2 Å². The zero-order valence-electron chi connectivity index (χ0n) is 22.2. The molecule has 0 unspecified atom stereocenters. The number of H-pyrrole nitrogens is 2. The molecule has 0 aliphatic rings. The standard InChI is InChI=1S/C31H30FN7/c1-6-20(15-24(7-2)35-19(5)14-18(3)4)22-16-25-28(38-39-30(25)34-17-22)31-36-26-12-13-33-27(29(26)37-31)21-8-10-23(32)11-9-21/h6-13,15-18,35H,2,5,14H2,1,3-4H3,(H,36,37)(H,34,38,39)/b20-6+,24-15+. The number of allylic oxidation sites excluding steroid dienone is 5. The summed E-state index contributed by atoms with van der Waals surface area (Å²) in [7, 11) is 0. The lowest BCUT2D eigenvalue weighted by atomic mass is 10.0. The average Bonchev–Trinajstić information content (AvgIpc) is 3.54. The van der Waals surface area contributed by atoms with Crippen molar-refractivity contribution in [3.63, 3.8) is 0 Å². The molecule has 39 heavy (non-hydrogen) atoms. The van der Waals surface area contributed by atoms with Crippen LogP contribution in [0.15, 0.2) is 91.6 Å². The molecule has 8 heteroatoms. The zero-order chi connectivity index (χ0) is 27.5. The molecule has 196 valence electrons. The lowest BCUT2D eigenvalue weighted by Crippen LogP contribution is -2.12. The van der Waals surface area contributed by atoms with E-state index in [0.29, 0.717) is 34.3 Å². The highest BCUT2D eigenvalue weighted by Crippen LogP contribution is 2.31. The molecule has 0 bridgehead atoms. The van der Waals surface area contributed by atoms with Crippen molar-refractivity contribution in [2.75, 3.05) is 0 Å². The van der Waals surface area contributed by atoms with E-state index in [1.165, 1.54) is 12.1 Å². The van der Waals surface area contributed by atoms with Gasteiger partial charge in [-0.05, 0) is 73.4 Å². The summed E-state index contributed by atoms with van der Waals surface area (Å²) in [4.78, 5) is 17.3. The average molecular weight is 520 g/mol. The van der Waals surface area contributed by atoms with Gasteiger partial charge in [0, 0.05) is 34.9 Å². The summed E-state index contributed by atoms with van der Waals surface area (Å²) in [6, 6.07) is 10.1. The molecular weight excluding hydrogens is 489 g/mol. The van der Waals surface area contributed by atoms with Crippen LogP contribution in [0.25, 0.3) is 50.4 Å². The summed E-state index contributed by atoms with van der Waals surface area (Å²) >= 11 is 0. The van der Waals surface area contributed by atoms with Gasteiger partial charge < -0.3 is 10.3 Å². The first-order valence-corrected chi connectivity index (χ1v) is 12.8. The summed E-state index contributed by atoms with van der Waals surface area (Å²) in [5.41, 5.74) is 7.95. The van der Waals surface area contributed by atoms with Crippen molar-refractivity contribution in [1.29, 1.82) is 0 Å². The smallest absolute Gasteiger partial charge is 0.181 e. The summed E-state index contributed by atoms with van der Waals surface area (Å²) in [6.07, 6.45) is 10.2. The van der Waals surface area contributed by atoms with E-state index in [-0.39, 0.29) is 5.82 Å². The molecule has 5 aromatic rings. The molecule has 0 saturated heterocycles. The van der Waals surface area contributed by atoms with Gasteiger partial charge in [0.1, 0.15) is 17.0 Å². The fraction of sp³-hybridized carbons (Fsp3) is 0.161. The van der Waals surface area contributed by atoms with E-state index < -0.39 is 0 Å². The molecule has 7 nitrogen and oxygen atoms in total. The fourth-order valence-corrected chi connectivity index (χ4v) is 4.51. The van der Waals surface area contributed by atoms with Gasteiger partial charge in [-0.3, -0.25) is 10.1 Å². The van der Waals surface area contributed by atoms with Crippen molar-refractivity contribution < 1.29 is 4.39 Å². The number of benzene rings is 1. The quantitative estimate of drug-likeness (QED) is 0.177. The van der Waals surface area contributed by atoms with E-state index in [9.17, 15) is 4.39 Å². The second-order valence-electron chi connectivity index (χ2n) is 9.72. The van der Waals surface area contributed by atoms with Crippen LogP contribution >= 0.6 is 0 Å². The Hall–Kier alpha value is -4.85. The number of aromatic amines is 2. The minimum absolute atomic E-state index is 0.298. The van der Waals surface area contributed by atoms with Gasteiger partial charge in [0.15, 0.2) is 11.5 Å². The first-order valence-electron chi connectivity index (χ1n) is 12.8. The Morgan fingerprint density at radius 2 is 1.95 bits per heavy atom. The largest absolute Gasteiger partial charge is 0.359 e. The second-order valence-corrected chi connectivity index (χ2v) is 9.72. The third kappa shape index (κ3) is 5.40. The number of imidazole rings is 1. The van der Waals surface area contributed by atoms with E-state index in [2.05, 4.69) is 57.5 Å². The Morgan fingerprint density at radius 1 is 1.15 bits per heavy atom. The normalized spacial score (nSPS) is 12.4. The highest BCUT2D eigenvalue weighted by Gasteiger charge is 2.17. The van der Waals surface area contributed by atoms with Crippen molar-refractivity contribution in [2.45, 2.75) is 27.2 Å². The lowest BCUT2D eigenvalue weighted by molar-refractivity contribution is 0.622. The number of fused-ring (bicyclic) bond motifs is 2. The molecule has 0 fully saturated rings. The van der Waals surface area contributed by atoms with Gasteiger partial charge in [-0.2, -0.15) is 5.10 Å². The van der Waals surface area contributed by atoms with Crippen LogP contribution in [0.4, 0.5) is 4.39 Å². The number of nitrogens with one attached hydrogen (secondary N) is 3. The first kappa shape index (κ1) is 25.8. The van der Waals surface area contributed by atoms with Crippen LogP contribution in [0.5, 0.6) is 0 Å². The fourth-order valence-electron chi connectivity index (χ4n) is 4.51. The molecule has 0 spiro atoms. The summed E-state index contributed by atoms with van der Waals surface area (Å²) < 4.78 is 13.5. The molecule has 5 rings (SSSR count). The monoisotopic (exact) mass is 519 g/mol. The highest BCUT2D eigenvalue weighted by atomic mass is 19.1. The van der Waals surface area contributed by atoms with Crippen LogP contribution in [0.1, 0.15) is 32.8 Å². The van der Waals surface area contributed by atoms with E-state index in [4.69, 9.17) is 4.98 Å². The Balaban J connectivity index is 1.52. The van der Waals surface area contributed by atoms with Crippen molar-refractivity contribution >= 4 is 27.6 Å². The minimum Gasteiger partial charge on any atom is -0.359 e. The molecule has 0 aliphatic carbocycles. The van der Waals surface area contributed by atoms with Crippen molar-refractivity contribution in [3.05, 3.63) is 103 Å². The zero-order valence-corrected chi connectivity index (χ0v) is 22.2. The number of nitrogens with zero attached hydrogens (tertiary/aromatic N) is 4. The van der Waals surface area contributed by atoms with Crippen LogP contribution in [-0.4, -0.2) is 30.1 Å². The molecule has 3 N–H and O–H groups in total. The lowest BCUT2D eigenvalue weighted by Gasteiger charge is -2.13. The molecule has 4 aromatic heterocycles. The minimum atomic E-state index is -0.298. The van der Waals surface area contributed by atoms with Gasteiger partial charge >= 0.3 is 0 Å². The molecule has 0 atom stereocenters. The maximum atomic E-state index is 13.5. The Kier molecular flexibility index (Phi) is 7.19. The molecule has 0 saturated carbocycles. The van der Waals surface area contributed by atoms with Gasteiger partial charge in [0.25, 0.3) is 0 Å². The van der Waals surface area contributed by atoms with Crippen LogP contribution in [0, 0.1) is 11.7 Å². The number of hydrogen-bond donors (Lipinski definition) is 3. The first-order chi connectivity index (χ1) is 18.9. The maximum Gasteiger partial charge on any atom is 0.181 e. The van der Waals surface area contributed by atoms with E-state index >= 15 is 0 Å². The van der Waals surface area contributed by atoms with Gasteiger partial charge in [-0.15, -0.1) is 0 Å². The van der Waals surface area contributed by atoms with Crippen LogP contribution in [0.2, 0.25) is 0 Å². The van der Waals surface area contributed by atoms with Gasteiger partial charge in [0.2, 0.25) is 0 Å². The molecule has 0 aliphatic heterocycles. The molecule has 1 aromatic carbocycles. The molecule has 0 radical (unpaired) electrons. The number of pyridine rings is 2. The Bertz CT molecular complexity index is 1740. The summed E-state index contributed by atoms with van der Waals surface area (Å²) in [5.74, 6) is 0.815. The SMILES string of the molecule is C=C/C(=C\C(=C/C)c1cnc2n[nH]c(-c3nc4c(-c5ccc(F)cc5)nccc4[nH]3)c2c1)NC(=C)CC(C)C. The highest BCUT2D eigenvalue weighted by molar-refractivity contribution is 5.96. The van der Waals surface area contributed by atoms with Gasteiger partial charge in [-0.25, -0.2) is 14.4 Å². The summed E-state index contributed by atoms with van der Waals surface area (Å²) in [6.45, 7) is 14.4. The van der Waals surface area contributed by atoms with E-state index in [1.54, 1.807) is 30.6 Å². The second kappa shape index (κ2) is 10.9. The predicted molar refractivity (Wildman–Crippen MR) is 156 cm³/mol. The Labute approximate surface area is 226 Å². The number of halogens is 1. The number of rotatable bonds is 9. The third-order valence-corrected chi connectivity index (χ3v) is 6.32. The van der Waals surface area contributed by atoms with E-state index in [1.807, 2.05) is 31.2 Å². The van der Waals surface area contributed by atoms with Gasteiger partial charge in [-0.1, -0.05) is 33.1 Å². The summed E-state index contributed by atoms with van der Waals surface area (Å²) in [5, 5.41) is 11.7. The van der Waals surface area contributed by atoms with Gasteiger partial charge in [0.05, 0.1) is 16.6 Å². The number of aromatic nitrogens is 6. The third-order valence-electron chi connectivity index (χ3n) is 6.32. The van der Waals surface area contributed by atoms with Crippen LogP contribution < -0.4 is 5.32 Å². The molecule has 4 heterocycles. The number of hydrogen-bond acceptors (Lipinski definition) is 5. The van der Waals surface area contributed by atoms with Crippen molar-refractivity contribution in [2.24, 2.45) is 5.92 Å². The maximum absolute atomic E-state index is 13.5. The van der Waals surface area contributed by atoms with Crippen molar-refractivity contribution in [3.8, 4) is 22.8 Å². The predicted octanol–water partition coefficient (Wildman–Crippen LogP) is 7.32. The van der Waals surface area contributed by atoms with Crippen molar-refractivity contribution in [1.82, 2.24) is 35.5 Å². The van der Waals surface area contributed by atoms with Crippen LogP contribution in [-0.2, 0) is 0 Å². The Morgan fingerprint density at radius 3 is 2.67 bits per heavy atom. The van der Waals surface area contributed by atoms with Crippen LogP contribution in [0.3, 0.4) is 0 Å². The molecular formula is C31H30FN7. The molecule has 0 amide bonds.